The van der Waals surface area contributed by atoms with Gasteiger partial charge in [0.1, 0.15) is 5.82 Å². The van der Waals surface area contributed by atoms with E-state index in [4.69, 9.17) is 4.98 Å². The average molecular weight is 449 g/mol. The van der Waals surface area contributed by atoms with Gasteiger partial charge in [-0.05, 0) is 54.8 Å². The van der Waals surface area contributed by atoms with Crippen LogP contribution in [-0.4, -0.2) is 26.5 Å². The molecule has 4 aromatic rings. The number of carbonyl (C=O) groups excluding carboxylic acids is 1. The van der Waals surface area contributed by atoms with Crippen molar-refractivity contribution in [3.63, 3.8) is 0 Å². The molecular weight excluding hydrogens is 423 g/mol. The third-order valence-corrected chi connectivity index (χ3v) is 6.37. The van der Waals surface area contributed by atoms with Gasteiger partial charge in [-0.15, -0.1) is 0 Å². The largest absolute Gasteiger partial charge is 0.350 e. The quantitative estimate of drug-likeness (QED) is 0.365. The molecule has 2 aromatic carbocycles. The third-order valence-electron chi connectivity index (χ3n) is 5.32. The van der Waals surface area contributed by atoms with Crippen LogP contribution in [0.4, 0.5) is 4.39 Å². The van der Waals surface area contributed by atoms with Gasteiger partial charge < -0.3 is 9.88 Å². The van der Waals surface area contributed by atoms with Crippen LogP contribution in [0.15, 0.2) is 72.1 Å². The summed E-state index contributed by atoms with van der Waals surface area (Å²) in [6.45, 7) is 4.55. The summed E-state index contributed by atoms with van der Waals surface area (Å²) in [6.07, 6.45) is 4.41. The Balaban J connectivity index is 1.51. The first-order valence-corrected chi connectivity index (χ1v) is 11.6. The van der Waals surface area contributed by atoms with Gasteiger partial charge in [-0.2, -0.15) is 0 Å². The summed E-state index contributed by atoms with van der Waals surface area (Å²) in [5, 5.41) is 3.83. The average Bonchev–Trinajstić information content (AvgIpc) is 3.15. The van der Waals surface area contributed by atoms with E-state index in [1.165, 1.54) is 6.07 Å². The number of hydrogen-bond donors (Lipinski definition) is 1. The Morgan fingerprint density at radius 1 is 1.16 bits per heavy atom. The molecule has 1 atom stereocenters. The number of thioether (sulfide) groups is 1. The Morgan fingerprint density at radius 2 is 1.97 bits per heavy atom. The molecule has 0 aliphatic carbocycles. The number of imidazole rings is 1. The number of nitrogens with zero attached hydrogens (tertiary/aromatic N) is 3. The second-order valence-corrected chi connectivity index (χ2v) is 8.69. The fraction of sp³-hybridized carbons (Fsp3) is 0.240. The van der Waals surface area contributed by atoms with Crippen LogP contribution in [0, 0.1) is 5.82 Å². The first-order valence-electron chi connectivity index (χ1n) is 10.6. The molecule has 0 saturated carbocycles. The highest BCUT2D eigenvalue weighted by atomic mass is 32.2. The van der Waals surface area contributed by atoms with Crippen molar-refractivity contribution in [1.29, 1.82) is 0 Å². The first-order chi connectivity index (χ1) is 15.5. The predicted octanol–water partition coefficient (Wildman–Crippen LogP) is 5.44. The van der Waals surface area contributed by atoms with Crippen molar-refractivity contribution in [3.05, 3.63) is 89.5 Å². The van der Waals surface area contributed by atoms with Gasteiger partial charge in [0.15, 0.2) is 5.16 Å². The van der Waals surface area contributed by atoms with E-state index in [1.54, 1.807) is 36.3 Å². The molecular formula is C25H25FN4OS. The van der Waals surface area contributed by atoms with Gasteiger partial charge in [-0.1, -0.05) is 43.0 Å². The summed E-state index contributed by atoms with van der Waals surface area (Å²) in [4.78, 5) is 21.3. The second kappa shape index (κ2) is 9.96. The number of hydrogen-bond acceptors (Lipinski definition) is 4. The maximum atomic E-state index is 13.7. The van der Waals surface area contributed by atoms with Crippen molar-refractivity contribution in [2.75, 3.05) is 0 Å². The topological polar surface area (TPSA) is 59.8 Å². The van der Waals surface area contributed by atoms with E-state index in [0.717, 1.165) is 33.7 Å². The van der Waals surface area contributed by atoms with E-state index < -0.39 is 0 Å². The Kier molecular flexibility index (Phi) is 6.85. The fourth-order valence-electron chi connectivity index (χ4n) is 3.34. The number of nitrogens with one attached hydrogen (secondary N) is 1. The van der Waals surface area contributed by atoms with Crippen molar-refractivity contribution in [2.24, 2.45) is 0 Å². The number of aromatic nitrogens is 3. The summed E-state index contributed by atoms with van der Waals surface area (Å²) >= 11 is 1.61. The molecule has 0 saturated heterocycles. The molecule has 0 aliphatic heterocycles. The minimum atomic E-state index is -0.253. The summed E-state index contributed by atoms with van der Waals surface area (Å²) < 4.78 is 15.8. The lowest BCUT2D eigenvalue weighted by Crippen LogP contribution is -2.31. The van der Waals surface area contributed by atoms with E-state index in [2.05, 4.69) is 14.9 Å². The zero-order valence-electron chi connectivity index (χ0n) is 18.1. The summed E-state index contributed by atoms with van der Waals surface area (Å²) in [5.41, 5.74) is 4.39. The molecule has 32 heavy (non-hydrogen) atoms. The van der Waals surface area contributed by atoms with Gasteiger partial charge in [-0.25, -0.2) is 9.37 Å². The molecule has 2 aromatic heterocycles. The van der Waals surface area contributed by atoms with Gasteiger partial charge in [-0.3, -0.25) is 9.78 Å². The van der Waals surface area contributed by atoms with E-state index >= 15 is 0 Å². The van der Waals surface area contributed by atoms with Crippen LogP contribution < -0.4 is 5.32 Å². The number of rotatable bonds is 8. The predicted molar refractivity (Wildman–Crippen MR) is 126 cm³/mol. The Labute approximate surface area is 191 Å². The first kappa shape index (κ1) is 22.0. The van der Waals surface area contributed by atoms with Crippen LogP contribution in [0.1, 0.15) is 41.8 Å². The number of halogens is 1. The number of benzene rings is 2. The van der Waals surface area contributed by atoms with Gasteiger partial charge in [0.2, 0.25) is 0 Å². The highest BCUT2D eigenvalue weighted by Gasteiger charge is 2.13. The van der Waals surface area contributed by atoms with Crippen LogP contribution in [0.5, 0.6) is 0 Å². The van der Waals surface area contributed by atoms with Crippen molar-refractivity contribution in [2.45, 2.75) is 43.8 Å². The normalized spacial score (nSPS) is 12.1. The van der Waals surface area contributed by atoms with Crippen molar-refractivity contribution < 1.29 is 9.18 Å². The highest BCUT2D eigenvalue weighted by molar-refractivity contribution is 7.98. The fourth-order valence-corrected chi connectivity index (χ4v) is 4.31. The molecule has 7 heteroatoms. The Bertz CT molecular complexity index is 1220. The van der Waals surface area contributed by atoms with Crippen LogP contribution in [-0.2, 0) is 12.3 Å². The lowest BCUT2D eigenvalue weighted by molar-refractivity contribution is 0.0939. The summed E-state index contributed by atoms with van der Waals surface area (Å²) in [6, 6.07) is 16.3. The van der Waals surface area contributed by atoms with Crippen LogP contribution >= 0.6 is 11.8 Å². The van der Waals surface area contributed by atoms with Crippen LogP contribution in [0.2, 0.25) is 0 Å². The van der Waals surface area contributed by atoms with E-state index in [9.17, 15) is 9.18 Å². The molecule has 0 bridgehead atoms. The Morgan fingerprint density at radius 3 is 2.72 bits per heavy atom. The molecule has 1 N–H and O–H groups in total. The smallest absolute Gasteiger partial charge is 0.251 e. The minimum Gasteiger partial charge on any atom is -0.350 e. The van der Waals surface area contributed by atoms with E-state index in [1.807, 2.05) is 50.2 Å². The SMILES string of the molecule is CC[C@H](C)NC(=O)c1ccc(CSc2nc3ccncc3n2Cc2cccc(F)c2)cc1. The van der Waals surface area contributed by atoms with Gasteiger partial charge in [0.05, 0.1) is 23.8 Å². The molecule has 0 aliphatic rings. The zero-order valence-corrected chi connectivity index (χ0v) is 18.9. The van der Waals surface area contributed by atoms with Crippen LogP contribution in [0.3, 0.4) is 0 Å². The third kappa shape index (κ3) is 5.16. The van der Waals surface area contributed by atoms with E-state index in [-0.39, 0.29) is 17.8 Å². The molecule has 4 rings (SSSR count). The maximum absolute atomic E-state index is 13.7. The second-order valence-electron chi connectivity index (χ2n) is 7.74. The van der Waals surface area contributed by atoms with Gasteiger partial charge in [0.25, 0.3) is 5.91 Å². The van der Waals surface area contributed by atoms with E-state index in [0.29, 0.717) is 17.9 Å². The standard InChI is InChI=1S/C25H25FN4OS/c1-3-17(2)28-24(31)20-9-7-18(8-10-20)16-32-25-29-22-11-12-27-14-23(22)30(25)15-19-5-4-6-21(26)13-19/h4-14,17H,3,15-16H2,1-2H3,(H,28,31)/t17-/m0/s1. The zero-order chi connectivity index (χ0) is 22.5. The van der Waals surface area contributed by atoms with Gasteiger partial charge in [0, 0.05) is 23.6 Å². The number of carbonyl (C=O) groups is 1. The summed E-state index contributed by atoms with van der Waals surface area (Å²) in [5.74, 6) is 0.396. The van der Waals surface area contributed by atoms with Crippen molar-refractivity contribution >= 4 is 28.7 Å². The lowest BCUT2D eigenvalue weighted by Gasteiger charge is -2.12. The Hall–Kier alpha value is -3.19. The molecule has 0 spiro atoms. The highest BCUT2D eigenvalue weighted by Crippen LogP contribution is 2.27. The molecule has 2 heterocycles. The van der Waals surface area contributed by atoms with Crippen LogP contribution in [0.25, 0.3) is 11.0 Å². The minimum absolute atomic E-state index is 0.0528. The summed E-state index contributed by atoms with van der Waals surface area (Å²) in [7, 11) is 0. The number of pyridine rings is 1. The van der Waals surface area contributed by atoms with Gasteiger partial charge >= 0.3 is 0 Å². The maximum Gasteiger partial charge on any atom is 0.251 e. The molecule has 1 amide bonds. The molecule has 5 nitrogen and oxygen atoms in total. The molecule has 0 fully saturated rings. The number of fused-ring (bicyclic) bond motifs is 1. The molecule has 0 radical (unpaired) electrons. The lowest BCUT2D eigenvalue weighted by atomic mass is 10.1. The van der Waals surface area contributed by atoms with Crippen molar-refractivity contribution in [1.82, 2.24) is 19.9 Å². The monoisotopic (exact) mass is 448 g/mol. The molecule has 164 valence electrons. The molecule has 0 unspecified atom stereocenters. The number of amides is 1. The van der Waals surface area contributed by atoms with Crippen molar-refractivity contribution in [3.8, 4) is 0 Å².